The summed E-state index contributed by atoms with van der Waals surface area (Å²) in [4.78, 5) is 25.4. The first-order valence-corrected chi connectivity index (χ1v) is 7.50. The Morgan fingerprint density at radius 3 is 2.65 bits per heavy atom. The monoisotopic (exact) mass is 283 g/mol. The summed E-state index contributed by atoms with van der Waals surface area (Å²) in [6, 6.07) is -0.191. The van der Waals surface area contributed by atoms with Gasteiger partial charge >= 0.3 is 6.03 Å². The van der Waals surface area contributed by atoms with Crippen molar-refractivity contribution in [3.05, 3.63) is 0 Å². The van der Waals surface area contributed by atoms with Crippen LogP contribution in [0.1, 0.15) is 45.4 Å². The lowest BCUT2D eigenvalue weighted by molar-refractivity contribution is -0.122. The predicted molar refractivity (Wildman–Crippen MR) is 75.2 cm³/mol. The molecule has 2 fully saturated rings. The van der Waals surface area contributed by atoms with Crippen molar-refractivity contribution in [3.8, 4) is 0 Å². The number of carbonyl (C=O) groups excluding carboxylic acids is 2. The molecule has 1 aliphatic carbocycles. The molecule has 0 radical (unpaired) electrons. The van der Waals surface area contributed by atoms with Crippen LogP contribution >= 0.6 is 0 Å². The van der Waals surface area contributed by atoms with E-state index in [1.54, 1.807) is 6.92 Å². The maximum Gasteiger partial charge on any atom is 0.321 e. The van der Waals surface area contributed by atoms with Crippen molar-refractivity contribution in [2.75, 3.05) is 19.6 Å². The molecule has 1 atom stereocenters. The molecule has 3 N–H and O–H groups in total. The molecule has 1 saturated heterocycles. The van der Waals surface area contributed by atoms with E-state index >= 15 is 0 Å². The average Bonchev–Trinajstić information content (AvgIpc) is 2.79. The highest BCUT2D eigenvalue weighted by molar-refractivity contribution is 5.95. The molecule has 6 heteroatoms. The van der Waals surface area contributed by atoms with Gasteiger partial charge in [0.2, 0.25) is 5.91 Å². The van der Waals surface area contributed by atoms with Crippen LogP contribution in [0.5, 0.6) is 0 Å². The van der Waals surface area contributed by atoms with E-state index in [1.165, 1.54) is 0 Å². The van der Waals surface area contributed by atoms with Crippen LogP contribution in [0.3, 0.4) is 0 Å². The molecule has 0 bridgehead atoms. The minimum absolute atomic E-state index is 0.161. The van der Waals surface area contributed by atoms with Crippen molar-refractivity contribution in [3.63, 3.8) is 0 Å². The minimum Gasteiger partial charge on any atom is -0.389 e. The van der Waals surface area contributed by atoms with E-state index in [-0.39, 0.29) is 18.5 Å². The lowest BCUT2D eigenvalue weighted by Gasteiger charge is -2.36. The first-order valence-electron chi connectivity index (χ1n) is 7.50. The maximum absolute atomic E-state index is 11.8. The van der Waals surface area contributed by atoms with Gasteiger partial charge in [0.1, 0.15) is 0 Å². The summed E-state index contributed by atoms with van der Waals surface area (Å²) in [6.07, 6.45) is 5.90. The van der Waals surface area contributed by atoms with Crippen LogP contribution < -0.4 is 10.6 Å². The van der Waals surface area contributed by atoms with Crippen molar-refractivity contribution in [2.24, 2.45) is 0 Å². The van der Waals surface area contributed by atoms with Crippen molar-refractivity contribution < 1.29 is 14.7 Å². The molecular formula is C14H25N3O3. The predicted octanol–water partition coefficient (Wildman–Crippen LogP) is 0.602. The summed E-state index contributed by atoms with van der Waals surface area (Å²) in [5, 5.41) is 15.2. The Balaban J connectivity index is 1.70. The molecule has 1 saturated carbocycles. The largest absolute Gasteiger partial charge is 0.389 e. The zero-order valence-corrected chi connectivity index (χ0v) is 12.2. The highest BCUT2D eigenvalue weighted by atomic mass is 16.3. The van der Waals surface area contributed by atoms with Crippen LogP contribution in [0.15, 0.2) is 0 Å². The Kier molecular flexibility index (Phi) is 4.99. The van der Waals surface area contributed by atoms with Crippen molar-refractivity contribution in [1.29, 1.82) is 0 Å². The lowest BCUT2D eigenvalue weighted by atomic mass is 9.95. The van der Waals surface area contributed by atoms with Gasteiger partial charge in [0.15, 0.2) is 0 Å². The molecule has 2 rings (SSSR count). The van der Waals surface area contributed by atoms with E-state index in [2.05, 4.69) is 10.6 Å². The number of aliphatic hydroxyl groups is 1. The second-order valence-electron chi connectivity index (χ2n) is 6.31. The van der Waals surface area contributed by atoms with Gasteiger partial charge in [-0.1, -0.05) is 12.8 Å². The number of hydrogen-bond donors (Lipinski definition) is 3. The van der Waals surface area contributed by atoms with Crippen molar-refractivity contribution in [1.82, 2.24) is 15.5 Å². The summed E-state index contributed by atoms with van der Waals surface area (Å²) >= 11 is 0. The van der Waals surface area contributed by atoms with Crippen LogP contribution in [-0.4, -0.2) is 53.2 Å². The molecule has 114 valence electrons. The van der Waals surface area contributed by atoms with Crippen molar-refractivity contribution in [2.45, 2.75) is 57.1 Å². The van der Waals surface area contributed by atoms with Crippen molar-refractivity contribution >= 4 is 11.9 Å². The molecule has 20 heavy (non-hydrogen) atoms. The first-order chi connectivity index (χ1) is 9.44. The van der Waals surface area contributed by atoms with Gasteiger partial charge in [0, 0.05) is 12.6 Å². The summed E-state index contributed by atoms with van der Waals surface area (Å²) < 4.78 is 0. The molecule has 0 aromatic carbocycles. The molecule has 3 amide bonds. The number of β-amino-alcohol motifs (C(OH)–C–C–N with tert-alkyl or cyclic N) is 1. The number of carbonyl (C=O) groups is 2. The molecular weight excluding hydrogens is 258 g/mol. The molecule has 1 unspecified atom stereocenters. The van der Waals surface area contributed by atoms with Gasteiger partial charge in [-0.15, -0.1) is 0 Å². The average molecular weight is 283 g/mol. The highest BCUT2D eigenvalue weighted by Crippen LogP contribution is 2.19. The van der Waals surface area contributed by atoms with E-state index in [0.717, 1.165) is 45.1 Å². The van der Waals surface area contributed by atoms with E-state index in [0.29, 0.717) is 6.54 Å². The Hall–Kier alpha value is -1.14. The van der Waals surface area contributed by atoms with Crippen LogP contribution in [0.4, 0.5) is 4.79 Å². The maximum atomic E-state index is 11.8. The summed E-state index contributed by atoms with van der Waals surface area (Å²) in [5.41, 5.74) is -0.732. The zero-order chi connectivity index (χ0) is 14.6. The number of piperidine rings is 1. The molecule has 2 aliphatic rings. The topological polar surface area (TPSA) is 81.7 Å². The minimum atomic E-state index is -0.732. The van der Waals surface area contributed by atoms with Gasteiger partial charge in [-0.05, 0) is 39.2 Å². The summed E-state index contributed by atoms with van der Waals surface area (Å²) in [6.45, 7) is 3.20. The quantitative estimate of drug-likeness (QED) is 0.708. The van der Waals surface area contributed by atoms with Gasteiger partial charge in [-0.25, -0.2) is 4.79 Å². The molecule has 0 aromatic heterocycles. The van der Waals surface area contributed by atoms with Gasteiger partial charge in [-0.3, -0.25) is 15.0 Å². The lowest BCUT2D eigenvalue weighted by Crippen LogP contribution is -2.51. The number of urea groups is 1. The number of nitrogens with one attached hydrogen (secondary N) is 2. The smallest absolute Gasteiger partial charge is 0.321 e. The Bertz CT molecular complexity index is 365. The SMILES string of the molecule is CC1(O)CCCN(CC(=O)NC(=O)NC2CCCC2)C1. The zero-order valence-electron chi connectivity index (χ0n) is 12.2. The Morgan fingerprint density at radius 1 is 1.30 bits per heavy atom. The normalized spacial score (nSPS) is 28.3. The summed E-state index contributed by atoms with van der Waals surface area (Å²) in [7, 11) is 0. The number of imide groups is 1. The third-order valence-electron chi connectivity index (χ3n) is 4.06. The fourth-order valence-corrected chi connectivity index (χ4v) is 3.12. The van der Waals surface area contributed by atoms with E-state index in [9.17, 15) is 14.7 Å². The van der Waals surface area contributed by atoms with Crippen LogP contribution in [0.25, 0.3) is 0 Å². The fraction of sp³-hybridized carbons (Fsp3) is 0.857. The van der Waals surface area contributed by atoms with Gasteiger partial charge in [0.05, 0.1) is 12.1 Å². The Labute approximate surface area is 119 Å². The number of hydrogen-bond acceptors (Lipinski definition) is 4. The molecule has 1 heterocycles. The third-order valence-corrected chi connectivity index (χ3v) is 4.06. The standard InChI is InChI=1S/C14H25N3O3/c1-14(20)7-4-8-17(10-14)9-12(18)16-13(19)15-11-5-2-3-6-11/h11,20H,2-10H2,1H3,(H2,15,16,18,19). The van der Waals surface area contributed by atoms with E-state index in [4.69, 9.17) is 0 Å². The summed E-state index contributed by atoms with van der Waals surface area (Å²) in [5.74, 6) is -0.307. The third kappa shape index (κ3) is 4.76. The molecule has 0 aromatic rings. The Morgan fingerprint density at radius 2 is 2.00 bits per heavy atom. The van der Waals surface area contributed by atoms with E-state index < -0.39 is 11.6 Å². The number of rotatable bonds is 3. The van der Waals surface area contributed by atoms with Gasteiger partial charge in [0.25, 0.3) is 0 Å². The van der Waals surface area contributed by atoms with Gasteiger partial charge in [-0.2, -0.15) is 0 Å². The first kappa shape index (κ1) is 15.3. The molecule has 6 nitrogen and oxygen atoms in total. The number of likely N-dealkylation sites (tertiary alicyclic amines) is 1. The highest BCUT2D eigenvalue weighted by Gasteiger charge is 2.29. The fourth-order valence-electron chi connectivity index (χ4n) is 3.12. The van der Waals surface area contributed by atoms with E-state index in [1.807, 2.05) is 4.90 Å². The number of nitrogens with zero attached hydrogens (tertiary/aromatic N) is 1. The second kappa shape index (κ2) is 6.54. The van der Waals surface area contributed by atoms with Crippen LogP contribution in [0.2, 0.25) is 0 Å². The van der Waals surface area contributed by atoms with Crippen LogP contribution in [0, 0.1) is 0 Å². The second-order valence-corrected chi connectivity index (χ2v) is 6.31. The number of amides is 3. The van der Waals surface area contributed by atoms with Crippen LogP contribution in [-0.2, 0) is 4.79 Å². The molecule has 1 aliphatic heterocycles. The van der Waals surface area contributed by atoms with Gasteiger partial charge < -0.3 is 10.4 Å². The molecule has 0 spiro atoms.